The molecular weight excluding hydrogens is 494 g/mol. The van der Waals surface area contributed by atoms with Crippen LogP contribution < -0.4 is 10.1 Å². The number of methoxy groups -OCH3 is 1. The van der Waals surface area contributed by atoms with Gasteiger partial charge in [0, 0.05) is 18.1 Å². The Labute approximate surface area is 233 Å². The molecule has 39 heavy (non-hydrogen) atoms. The molecule has 0 unspecified atom stereocenters. The van der Waals surface area contributed by atoms with Gasteiger partial charge in [-0.05, 0) is 100 Å². The molecule has 0 saturated carbocycles. The molecule has 1 aromatic carbocycles. The number of nitrogens with zero attached hydrogens (tertiary/aromatic N) is 2. The Hall–Kier alpha value is -2.87. The maximum Gasteiger partial charge on any atom is 0.416 e. The molecule has 3 rings (SSSR count). The summed E-state index contributed by atoms with van der Waals surface area (Å²) in [6.45, 7) is 7.76. The van der Waals surface area contributed by atoms with Gasteiger partial charge in [0.2, 0.25) is 0 Å². The van der Waals surface area contributed by atoms with Crippen molar-refractivity contribution in [2.45, 2.75) is 78.1 Å². The number of benzene rings is 1. The lowest BCUT2D eigenvalue weighted by molar-refractivity contribution is 0.0794. The third-order valence-corrected chi connectivity index (χ3v) is 7.81. The first-order valence-corrected chi connectivity index (χ1v) is 14.8. The van der Waals surface area contributed by atoms with Gasteiger partial charge >= 0.3 is 12.2 Å². The van der Waals surface area contributed by atoms with Gasteiger partial charge in [-0.3, -0.25) is 4.98 Å². The van der Waals surface area contributed by atoms with E-state index in [1.807, 2.05) is 18.3 Å². The molecule has 1 aliphatic heterocycles. The molecule has 2 atom stereocenters. The molecule has 8 nitrogen and oxygen atoms in total. The van der Waals surface area contributed by atoms with Gasteiger partial charge in [0.1, 0.15) is 5.75 Å². The number of carbonyl (C=O) groups excluding carboxylic acids is 2. The fourth-order valence-electron chi connectivity index (χ4n) is 5.68. The van der Waals surface area contributed by atoms with Crippen LogP contribution >= 0.6 is 0 Å². The number of carbonyl (C=O) groups is 2. The van der Waals surface area contributed by atoms with Crippen molar-refractivity contribution in [3.05, 3.63) is 36.0 Å². The highest BCUT2D eigenvalue weighted by Crippen LogP contribution is 2.32. The fourth-order valence-corrected chi connectivity index (χ4v) is 5.68. The lowest BCUT2D eigenvalue weighted by atomic mass is 9.80. The quantitative estimate of drug-likeness (QED) is 0.250. The molecule has 2 heterocycles. The Kier molecular flexibility index (Phi) is 13.3. The molecule has 1 saturated heterocycles. The summed E-state index contributed by atoms with van der Waals surface area (Å²) < 4.78 is 15.5. The average Bonchev–Trinajstić information content (AvgIpc) is 2.93. The van der Waals surface area contributed by atoms with Crippen LogP contribution in [-0.4, -0.2) is 62.0 Å². The molecule has 0 aliphatic carbocycles. The fraction of sp³-hybridized carbons (Fsp3) is 0.645. The number of hydrogen-bond acceptors (Lipinski definition) is 7. The number of rotatable bonds is 15. The van der Waals surface area contributed by atoms with Crippen LogP contribution in [0.3, 0.4) is 0 Å². The van der Waals surface area contributed by atoms with Gasteiger partial charge in [-0.25, -0.2) is 14.9 Å². The topological polar surface area (TPSA) is 90.0 Å². The molecule has 0 radical (unpaired) electrons. The highest BCUT2D eigenvalue weighted by atomic mass is 16.6. The summed E-state index contributed by atoms with van der Waals surface area (Å²) in [4.78, 5) is 30.6. The first-order chi connectivity index (χ1) is 19.0. The number of piperidine rings is 1. The third-order valence-electron chi connectivity index (χ3n) is 7.81. The molecule has 0 spiro atoms. The van der Waals surface area contributed by atoms with Crippen molar-refractivity contribution in [1.82, 2.24) is 15.2 Å². The van der Waals surface area contributed by atoms with Crippen molar-refractivity contribution in [2.75, 3.05) is 40.0 Å². The predicted octanol–water partition coefficient (Wildman–Crippen LogP) is 6.75. The lowest BCUT2D eigenvalue weighted by Crippen LogP contribution is -2.41. The number of hydrogen-bond donors (Lipinski definition) is 1. The predicted molar refractivity (Wildman–Crippen MR) is 154 cm³/mol. The van der Waals surface area contributed by atoms with Gasteiger partial charge in [-0.1, -0.05) is 32.6 Å². The molecule has 8 heteroatoms. The van der Waals surface area contributed by atoms with Crippen LogP contribution in [0, 0.1) is 11.8 Å². The lowest BCUT2D eigenvalue weighted by Gasteiger charge is -2.39. The van der Waals surface area contributed by atoms with E-state index in [4.69, 9.17) is 14.2 Å². The summed E-state index contributed by atoms with van der Waals surface area (Å²) in [7, 11) is 1.69. The molecule has 2 aromatic rings. The van der Waals surface area contributed by atoms with Gasteiger partial charge in [0.25, 0.3) is 0 Å². The van der Waals surface area contributed by atoms with Gasteiger partial charge in [0.15, 0.2) is 0 Å². The maximum absolute atomic E-state index is 12.0. The number of aryl methyl sites for hydroxylation is 1. The average molecular weight is 542 g/mol. The second-order valence-corrected chi connectivity index (χ2v) is 10.5. The largest absolute Gasteiger partial charge is 0.497 e. The molecule has 216 valence electrons. The summed E-state index contributed by atoms with van der Waals surface area (Å²) in [5, 5.41) is 3.27. The highest BCUT2D eigenvalue weighted by molar-refractivity contribution is 5.87. The van der Waals surface area contributed by atoms with E-state index in [9.17, 15) is 9.59 Å². The molecule has 1 N–H and O–H groups in total. The van der Waals surface area contributed by atoms with Crippen LogP contribution in [0.1, 0.15) is 77.2 Å². The number of amides is 2. The minimum atomic E-state index is -0.770. The first kappa shape index (κ1) is 30.7. The van der Waals surface area contributed by atoms with Crippen LogP contribution in [0.2, 0.25) is 0 Å². The third kappa shape index (κ3) is 10.3. The number of likely N-dealkylation sites (tertiary alicyclic amines) is 1. The van der Waals surface area contributed by atoms with E-state index >= 15 is 0 Å². The Morgan fingerprint density at radius 1 is 1.00 bits per heavy atom. The summed E-state index contributed by atoms with van der Waals surface area (Å²) in [5.41, 5.74) is 2.30. The number of alkyl carbamates (subject to hydrolysis) is 2. The molecule has 1 aromatic heterocycles. The van der Waals surface area contributed by atoms with Crippen molar-refractivity contribution in [2.24, 2.45) is 11.8 Å². The van der Waals surface area contributed by atoms with Crippen molar-refractivity contribution in [3.8, 4) is 5.75 Å². The second-order valence-electron chi connectivity index (χ2n) is 10.5. The summed E-state index contributed by atoms with van der Waals surface area (Å²) in [6, 6.07) is 8.18. The summed E-state index contributed by atoms with van der Waals surface area (Å²) in [6.07, 6.45) is 12.0. The monoisotopic (exact) mass is 541 g/mol. The van der Waals surface area contributed by atoms with Gasteiger partial charge in [0.05, 0.1) is 25.8 Å². The first-order valence-electron chi connectivity index (χ1n) is 14.8. The summed E-state index contributed by atoms with van der Waals surface area (Å²) >= 11 is 0. The van der Waals surface area contributed by atoms with Crippen LogP contribution in [0.5, 0.6) is 5.75 Å². The molecule has 1 fully saturated rings. The van der Waals surface area contributed by atoms with Crippen molar-refractivity contribution >= 4 is 23.1 Å². The Morgan fingerprint density at radius 3 is 2.62 bits per heavy atom. The van der Waals surface area contributed by atoms with Crippen molar-refractivity contribution in [1.29, 1.82) is 0 Å². The van der Waals surface area contributed by atoms with E-state index < -0.39 is 12.2 Å². The maximum atomic E-state index is 12.0. The normalized spacial score (nSPS) is 17.6. The van der Waals surface area contributed by atoms with Crippen LogP contribution in [0.25, 0.3) is 10.9 Å². The zero-order valence-electron chi connectivity index (χ0n) is 24.1. The zero-order valence-corrected chi connectivity index (χ0v) is 24.1. The van der Waals surface area contributed by atoms with Crippen LogP contribution in [0.15, 0.2) is 30.5 Å². The van der Waals surface area contributed by atoms with E-state index in [1.165, 1.54) is 44.1 Å². The van der Waals surface area contributed by atoms with Crippen LogP contribution in [0.4, 0.5) is 9.59 Å². The zero-order chi connectivity index (χ0) is 27.9. The summed E-state index contributed by atoms with van der Waals surface area (Å²) in [5.74, 6) is 1.89. The Balaban J connectivity index is 1.54. The van der Waals surface area contributed by atoms with Crippen molar-refractivity contribution < 1.29 is 23.8 Å². The second kappa shape index (κ2) is 17.0. The van der Waals surface area contributed by atoms with E-state index in [0.717, 1.165) is 62.0 Å². The highest BCUT2D eigenvalue weighted by Gasteiger charge is 2.29. The standard InChI is InChI=1S/C31H47N3O5/c1-4-6-7-8-9-19-34-20-16-24(26(23-34)17-21-39-31(36)33-30(35)38-5-2)11-10-12-25-15-18-32-29-14-13-27(37-3)22-28(25)29/h13-15,18,22,24,26H,4-12,16-17,19-21,23H2,1-3H3,(H,33,35,36)/t24-,26+/m1/s1. The SMILES string of the molecule is CCCCCCCN1CC[C@@H](CCCc2ccnc3ccc(OC)cc23)[C@@H](CCOC(=O)NC(=O)OCC)C1. The number of nitrogens with one attached hydrogen (secondary N) is 1. The van der Waals surface area contributed by atoms with Gasteiger partial charge < -0.3 is 19.1 Å². The van der Waals surface area contributed by atoms with Gasteiger partial charge in [-0.2, -0.15) is 0 Å². The number of pyridine rings is 1. The van der Waals surface area contributed by atoms with E-state index in [-0.39, 0.29) is 6.61 Å². The minimum Gasteiger partial charge on any atom is -0.497 e. The van der Waals surface area contributed by atoms with E-state index in [2.05, 4.69) is 34.3 Å². The number of unbranched alkanes of at least 4 members (excludes halogenated alkanes) is 4. The Bertz CT molecular complexity index is 1030. The number of imide groups is 1. The number of aromatic nitrogens is 1. The number of fused-ring (bicyclic) bond motifs is 1. The minimum absolute atomic E-state index is 0.208. The van der Waals surface area contributed by atoms with Crippen molar-refractivity contribution in [3.63, 3.8) is 0 Å². The Morgan fingerprint density at radius 2 is 1.82 bits per heavy atom. The molecule has 1 aliphatic rings. The van der Waals surface area contributed by atoms with Crippen LogP contribution in [-0.2, 0) is 15.9 Å². The van der Waals surface area contributed by atoms with E-state index in [1.54, 1.807) is 14.0 Å². The van der Waals surface area contributed by atoms with Gasteiger partial charge in [-0.15, -0.1) is 0 Å². The number of ether oxygens (including phenoxy) is 3. The molecule has 0 bridgehead atoms. The molecular formula is C31H47N3O5. The molecule has 2 amide bonds. The smallest absolute Gasteiger partial charge is 0.416 e. The van der Waals surface area contributed by atoms with E-state index in [0.29, 0.717) is 18.4 Å².